The van der Waals surface area contributed by atoms with Crippen LogP contribution < -0.4 is 0 Å². The van der Waals surface area contributed by atoms with Crippen molar-refractivity contribution in [1.29, 1.82) is 0 Å². The van der Waals surface area contributed by atoms with E-state index in [-0.39, 0.29) is 18.3 Å². The molecular weight excluding hydrogens is 270 g/mol. The van der Waals surface area contributed by atoms with Crippen molar-refractivity contribution in [3.63, 3.8) is 0 Å². The van der Waals surface area contributed by atoms with Crippen molar-refractivity contribution in [3.05, 3.63) is 28.0 Å². The molecule has 0 amide bonds. The first-order valence-corrected chi connectivity index (χ1v) is 6.26. The van der Waals surface area contributed by atoms with Gasteiger partial charge in [-0.15, -0.1) is 0 Å². The van der Waals surface area contributed by atoms with E-state index in [4.69, 9.17) is 5.11 Å². The maximum atomic E-state index is 12.0. The summed E-state index contributed by atoms with van der Waals surface area (Å²) in [6.07, 6.45) is 2.04. The predicted octanol–water partition coefficient (Wildman–Crippen LogP) is 2.57. The Labute approximate surface area is 103 Å². The minimum atomic E-state index is -0.137. The third-order valence-corrected chi connectivity index (χ3v) is 3.50. The Kier molecular flexibility index (Phi) is 3.40. The molecule has 0 aliphatic heterocycles. The predicted molar refractivity (Wildman–Crippen MR) is 64.1 cm³/mol. The standard InChI is InChI=1S/C12H14BrNO2/c1-2-7-3-10(7)12(16)11-5-8(13)4-9(6-15)14-11/h4-5,7,10,15H,2-3,6H2,1H3/t7?,10-/m0/s1. The first kappa shape index (κ1) is 11.7. The van der Waals surface area contributed by atoms with Gasteiger partial charge in [0.1, 0.15) is 5.69 Å². The lowest BCUT2D eigenvalue weighted by molar-refractivity contribution is 0.0955. The van der Waals surface area contributed by atoms with Crippen molar-refractivity contribution in [2.75, 3.05) is 0 Å². The lowest BCUT2D eigenvalue weighted by Gasteiger charge is -2.03. The maximum absolute atomic E-state index is 12.0. The zero-order valence-electron chi connectivity index (χ0n) is 9.11. The van der Waals surface area contributed by atoms with Crippen LogP contribution in [0.2, 0.25) is 0 Å². The molecule has 4 heteroatoms. The summed E-state index contributed by atoms with van der Waals surface area (Å²) in [5.74, 6) is 0.798. The Morgan fingerprint density at radius 3 is 2.94 bits per heavy atom. The Hall–Kier alpha value is -0.740. The Morgan fingerprint density at radius 2 is 2.38 bits per heavy atom. The van der Waals surface area contributed by atoms with Gasteiger partial charge >= 0.3 is 0 Å². The molecule has 1 fully saturated rings. The second-order valence-electron chi connectivity index (χ2n) is 4.19. The van der Waals surface area contributed by atoms with Gasteiger partial charge in [-0.2, -0.15) is 0 Å². The van der Waals surface area contributed by atoms with Gasteiger partial charge in [-0.25, -0.2) is 4.98 Å². The van der Waals surface area contributed by atoms with Gasteiger partial charge in [0.15, 0.2) is 5.78 Å². The van der Waals surface area contributed by atoms with Crippen LogP contribution in [0.4, 0.5) is 0 Å². The van der Waals surface area contributed by atoms with Crippen LogP contribution in [-0.4, -0.2) is 15.9 Å². The van der Waals surface area contributed by atoms with E-state index in [0.29, 0.717) is 17.3 Å². The molecule has 1 heterocycles. The summed E-state index contributed by atoms with van der Waals surface area (Å²) in [4.78, 5) is 16.2. The SMILES string of the molecule is CCC1C[C@@H]1C(=O)c1cc(Br)cc(CO)n1. The molecule has 1 aromatic rings. The molecular formula is C12H14BrNO2. The van der Waals surface area contributed by atoms with Crippen molar-refractivity contribution in [3.8, 4) is 0 Å². The third-order valence-electron chi connectivity index (χ3n) is 3.04. The van der Waals surface area contributed by atoms with Gasteiger partial charge in [0.25, 0.3) is 0 Å². The van der Waals surface area contributed by atoms with Crippen LogP contribution in [-0.2, 0) is 6.61 Å². The fraction of sp³-hybridized carbons (Fsp3) is 0.500. The highest BCUT2D eigenvalue weighted by Crippen LogP contribution is 2.43. The van der Waals surface area contributed by atoms with Crippen LogP contribution in [0.3, 0.4) is 0 Å². The third kappa shape index (κ3) is 2.33. The van der Waals surface area contributed by atoms with Crippen molar-refractivity contribution < 1.29 is 9.90 Å². The van der Waals surface area contributed by atoms with Gasteiger partial charge in [0, 0.05) is 10.4 Å². The minimum Gasteiger partial charge on any atom is -0.390 e. The van der Waals surface area contributed by atoms with Crippen molar-refractivity contribution in [1.82, 2.24) is 4.98 Å². The van der Waals surface area contributed by atoms with Crippen LogP contribution in [0.15, 0.2) is 16.6 Å². The largest absolute Gasteiger partial charge is 0.390 e. The van der Waals surface area contributed by atoms with Crippen LogP contribution in [0.1, 0.15) is 35.9 Å². The number of Topliss-reactive ketones (excluding diaryl/α,β-unsaturated/α-hetero) is 1. The lowest BCUT2D eigenvalue weighted by Crippen LogP contribution is -2.08. The van der Waals surface area contributed by atoms with E-state index < -0.39 is 0 Å². The summed E-state index contributed by atoms with van der Waals surface area (Å²) in [7, 11) is 0. The number of aromatic nitrogens is 1. The van der Waals surface area contributed by atoms with E-state index in [9.17, 15) is 4.79 Å². The number of rotatable bonds is 4. The van der Waals surface area contributed by atoms with Gasteiger partial charge in [-0.3, -0.25) is 4.79 Å². The van der Waals surface area contributed by atoms with Crippen molar-refractivity contribution >= 4 is 21.7 Å². The number of carbonyl (C=O) groups is 1. The minimum absolute atomic E-state index is 0.114. The molecule has 0 aromatic carbocycles. The van der Waals surface area contributed by atoms with Crippen molar-refractivity contribution in [2.24, 2.45) is 11.8 Å². The number of hydrogen-bond donors (Lipinski definition) is 1. The summed E-state index contributed by atoms with van der Waals surface area (Å²) in [6, 6.07) is 3.45. The smallest absolute Gasteiger partial charge is 0.184 e. The van der Waals surface area contributed by atoms with E-state index in [0.717, 1.165) is 17.3 Å². The average molecular weight is 284 g/mol. The fourth-order valence-corrected chi connectivity index (χ4v) is 2.45. The molecule has 2 atom stereocenters. The van der Waals surface area contributed by atoms with Crippen LogP contribution in [0, 0.1) is 11.8 Å². The molecule has 16 heavy (non-hydrogen) atoms. The molecule has 0 saturated heterocycles. The van der Waals surface area contributed by atoms with Gasteiger partial charge in [-0.05, 0) is 24.5 Å². The molecule has 1 aromatic heterocycles. The van der Waals surface area contributed by atoms with Crippen LogP contribution in [0.5, 0.6) is 0 Å². The number of halogens is 1. The molecule has 0 spiro atoms. The normalized spacial score (nSPS) is 23.2. The molecule has 1 N–H and O–H groups in total. The second-order valence-corrected chi connectivity index (χ2v) is 5.11. The first-order valence-electron chi connectivity index (χ1n) is 5.47. The van der Waals surface area contributed by atoms with Gasteiger partial charge in [0.05, 0.1) is 12.3 Å². The number of ketones is 1. The van der Waals surface area contributed by atoms with Gasteiger partial charge in [-0.1, -0.05) is 29.3 Å². The molecule has 86 valence electrons. The summed E-state index contributed by atoms with van der Waals surface area (Å²) in [6.45, 7) is 1.97. The highest BCUT2D eigenvalue weighted by Gasteiger charge is 2.42. The monoisotopic (exact) mass is 283 g/mol. The molecule has 0 radical (unpaired) electrons. The lowest BCUT2D eigenvalue weighted by atomic mass is 10.1. The average Bonchev–Trinajstić information content (AvgIpc) is 3.06. The summed E-state index contributed by atoms with van der Waals surface area (Å²) in [5.41, 5.74) is 1.01. The zero-order chi connectivity index (χ0) is 11.7. The number of hydrogen-bond acceptors (Lipinski definition) is 3. The molecule has 1 aliphatic carbocycles. The molecule has 2 rings (SSSR count). The topological polar surface area (TPSA) is 50.2 Å². The Morgan fingerprint density at radius 1 is 1.62 bits per heavy atom. The van der Waals surface area contributed by atoms with Crippen molar-refractivity contribution in [2.45, 2.75) is 26.4 Å². The number of aliphatic hydroxyl groups excluding tert-OH is 1. The van der Waals surface area contributed by atoms with E-state index >= 15 is 0 Å². The summed E-state index contributed by atoms with van der Waals surface area (Å²) < 4.78 is 0.795. The van der Waals surface area contributed by atoms with E-state index in [1.165, 1.54) is 0 Å². The number of carbonyl (C=O) groups excluding carboxylic acids is 1. The number of pyridine rings is 1. The molecule has 3 nitrogen and oxygen atoms in total. The summed E-state index contributed by atoms with van der Waals surface area (Å²) in [5, 5.41) is 9.03. The van der Waals surface area contributed by atoms with Gasteiger partial charge < -0.3 is 5.11 Å². The zero-order valence-corrected chi connectivity index (χ0v) is 10.7. The summed E-state index contributed by atoms with van der Waals surface area (Å²) >= 11 is 3.32. The number of aliphatic hydroxyl groups is 1. The Balaban J connectivity index is 2.20. The van der Waals surface area contributed by atoms with Gasteiger partial charge in [0.2, 0.25) is 0 Å². The second kappa shape index (κ2) is 4.63. The van der Waals surface area contributed by atoms with E-state index in [1.54, 1.807) is 12.1 Å². The highest BCUT2D eigenvalue weighted by molar-refractivity contribution is 9.10. The first-order chi connectivity index (χ1) is 7.65. The maximum Gasteiger partial charge on any atom is 0.184 e. The van der Waals surface area contributed by atoms with Crippen LogP contribution >= 0.6 is 15.9 Å². The van der Waals surface area contributed by atoms with Crippen LogP contribution in [0.25, 0.3) is 0 Å². The number of nitrogens with zero attached hydrogens (tertiary/aromatic N) is 1. The fourth-order valence-electron chi connectivity index (χ4n) is 1.97. The molecule has 1 saturated carbocycles. The van der Waals surface area contributed by atoms with E-state index in [1.807, 2.05) is 0 Å². The molecule has 0 bridgehead atoms. The quantitative estimate of drug-likeness (QED) is 0.864. The molecule has 1 aliphatic rings. The molecule has 1 unspecified atom stereocenters. The highest BCUT2D eigenvalue weighted by atomic mass is 79.9. The Bertz CT molecular complexity index is 419. The van der Waals surface area contributed by atoms with E-state index in [2.05, 4.69) is 27.8 Å².